The molecule has 1 fully saturated rings. The van der Waals surface area contributed by atoms with Crippen LogP contribution in [0.15, 0.2) is 0 Å². The summed E-state index contributed by atoms with van der Waals surface area (Å²) in [6.45, 7) is 5.73. The van der Waals surface area contributed by atoms with Crippen molar-refractivity contribution in [3.63, 3.8) is 0 Å². The van der Waals surface area contributed by atoms with Crippen molar-refractivity contribution in [2.45, 2.75) is 32.2 Å². The van der Waals surface area contributed by atoms with Crippen molar-refractivity contribution in [1.29, 1.82) is 0 Å². The van der Waals surface area contributed by atoms with Crippen LogP contribution in [-0.4, -0.2) is 37.6 Å². The summed E-state index contributed by atoms with van der Waals surface area (Å²) >= 11 is 0. The second-order valence-corrected chi connectivity index (χ2v) is 3.44. The van der Waals surface area contributed by atoms with E-state index in [1.807, 2.05) is 0 Å². The zero-order chi connectivity index (χ0) is 8.10. The highest BCUT2D eigenvalue weighted by Gasteiger charge is 2.17. The van der Waals surface area contributed by atoms with Crippen LogP contribution in [0.3, 0.4) is 0 Å². The first-order valence-corrected chi connectivity index (χ1v) is 4.75. The number of hydrogen-bond donors (Lipinski definition) is 1. The summed E-state index contributed by atoms with van der Waals surface area (Å²) in [5.74, 6) is 0. The van der Waals surface area contributed by atoms with Crippen molar-refractivity contribution < 1.29 is 0 Å². The lowest BCUT2D eigenvalue weighted by atomic mass is 10.0. The third kappa shape index (κ3) is 2.80. The minimum Gasteiger partial charge on any atom is -0.315 e. The molecular formula is C9H20N2. The molecule has 2 heteroatoms. The Balaban J connectivity index is 2.18. The molecule has 1 aliphatic rings. The molecule has 0 aromatic carbocycles. The first-order chi connectivity index (χ1) is 5.34. The van der Waals surface area contributed by atoms with Crippen molar-refractivity contribution in [3.05, 3.63) is 0 Å². The molecule has 0 bridgehead atoms. The normalized spacial score (nSPS) is 27.3. The topological polar surface area (TPSA) is 15.3 Å². The fourth-order valence-corrected chi connectivity index (χ4v) is 1.71. The Hall–Kier alpha value is -0.0800. The van der Waals surface area contributed by atoms with Gasteiger partial charge in [0, 0.05) is 12.6 Å². The Bertz CT molecular complexity index is 104. The fraction of sp³-hybridized carbons (Fsp3) is 1.00. The maximum atomic E-state index is 3.41. The van der Waals surface area contributed by atoms with E-state index in [4.69, 9.17) is 0 Å². The quantitative estimate of drug-likeness (QED) is 0.658. The maximum absolute atomic E-state index is 3.41. The van der Waals surface area contributed by atoms with E-state index in [1.165, 1.54) is 32.4 Å². The molecule has 1 atom stereocenters. The summed E-state index contributed by atoms with van der Waals surface area (Å²) in [4.78, 5) is 2.48. The minimum absolute atomic E-state index is 0.795. The van der Waals surface area contributed by atoms with Crippen LogP contribution in [0.5, 0.6) is 0 Å². The molecule has 1 rings (SSSR count). The van der Waals surface area contributed by atoms with Gasteiger partial charge >= 0.3 is 0 Å². The van der Waals surface area contributed by atoms with Crippen molar-refractivity contribution >= 4 is 0 Å². The van der Waals surface area contributed by atoms with E-state index in [2.05, 4.69) is 24.2 Å². The van der Waals surface area contributed by atoms with Gasteiger partial charge in [-0.05, 0) is 33.0 Å². The highest BCUT2D eigenvalue weighted by molar-refractivity contribution is 4.75. The highest BCUT2D eigenvalue weighted by Crippen LogP contribution is 2.13. The van der Waals surface area contributed by atoms with Gasteiger partial charge in [0.2, 0.25) is 0 Å². The molecule has 0 saturated carbocycles. The van der Waals surface area contributed by atoms with Gasteiger partial charge in [0.15, 0.2) is 0 Å². The van der Waals surface area contributed by atoms with Crippen molar-refractivity contribution in [3.8, 4) is 0 Å². The first kappa shape index (κ1) is 9.01. The van der Waals surface area contributed by atoms with Gasteiger partial charge in [-0.1, -0.05) is 13.3 Å². The van der Waals surface area contributed by atoms with Gasteiger partial charge in [-0.2, -0.15) is 0 Å². The van der Waals surface area contributed by atoms with E-state index >= 15 is 0 Å². The standard InChI is InChI=1S/C9H20N2/c1-3-10-8-9-6-4-5-7-11(9)2/h9-10H,3-8H2,1-2H3. The summed E-state index contributed by atoms with van der Waals surface area (Å²) in [5, 5.41) is 3.41. The summed E-state index contributed by atoms with van der Waals surface area (Å²) in [7, 11) is 2.24. The number of piperidine rings is 1. The molecule has 1 N–H and O–H groups in total. The summed E-state index contributed by atoms with van der Waals surface area (Å²) in [5.41, 5.74) is 0. The molecular weight excluding hydrogens is 136 g/mol. The van der Waals surface area contributed by atoms with E-state index in [0.717, 1.165) is 12.6 Å². The molecule has 1 heterocycles. The van der Waals surface area contributed by atoms with E-state index in [0.29, 0.717) is 0 Å². The lowest BCUT2D eigenvalue weighted by molar-refractivity contribution is 0.182. The van der Waals surface area contributed by atoms with E-state index in [9.17, 15) is 0 Å². The zero-order valence-corrected chi connectivity index (χ0v) is 7.77. The molecule has 0 aliphatic carbocycles. The van der Waals surface area contributed by atoms with Gasteiger partial charge < -0.3 is 10.2 Å². The molecule has 66 valence electrons. The molecule has 0 aromatic heterocycles. The van der Waals surface area contributed by atoms with Crippen LogP contribution in [0.2, 0.25) is 0 Å². The molecule has 11 heavy (non-hydrogen) atoms. The number of rotatable bonds is 3. The van der Waals surface area contributed by atoms with Crippen molar-refractivity contribution in [2.24, 2.45) is 0 Å². The van der Waals surface area contributed by atoms with E-state index in [-0.39, 0.29) is 0 Å². The van der Waals surface area contributed by atoms with Crippen LogP contribution >= 0.6 is 0 Å². The molecule has 1 unspecified atom stereocenters. The highest BCUT2D eigenvalue weighted by atomic mass is 15.1. The van der Waals surface area contributed by atoms with Crippen LogP contribution in [0.1, 0.15) is 26.2 Å². The number of hydrogen-bond acceptors (Lipinski definition) is 2. The lowest BCUT2D eigenvalue weighted by Crippen LogP contribution is -2.42. The van der Waals surface area contributed by atoms with Crippen LogP contribution < -0.4 is 5.32 Å². The minimum atomic E-state index is 0.795. The predicted octanol–water partition coefficient (Wildman–Crippen LogP) is 1.08. The Kier molecular flexibility index (Phi) is 3.87. The van der Waals surface area contributed by atoms with Crippen LogP contribution in [-0.2, 0) is 0 Å². The smallest absolute Gasteiger partial charge is 0.0217 e. The van der Waals surface area contributed by atoms with Crippen molar-refractivity contribution in [2.75, 3.05) is 26.7 Å². The number of nitrogens with zero attached hydrogens (tertiary/aromatic N) is 1. The fourth-order valence-electron chi connectivity index (χ4n) is 1.71. The van der Waals surface area contributed by atoms with Crippen LogP contribution in [0, 0.1) is 0 Å². The summed E-state index contributed by atoms with van der Waals surface area (Å²) in [6, 6.07) is 0.795. The van der Waals surface area contributed by atoms with Gasteiger partial charge in [0.25, 0.3) is 0 Å². The maximum Gasteiger partial charge on any atom is 0.0217 e. The Labute approximate surface area is 70.0 Å². The third-order valence-electron chi connectivity index (χ3n) is 2.55. The SMILES string of the molecule is CCNCC1CCCCN1C. The van der Waals surface area contributed by atoms with Crippen molar-refractivity contribution in [1.82, 2.24) is 10.2 Å². The van der Waals surface area contributed by atoms with Gasteiger partial charge in [-0.3, -0.25) is 0 Å². The average Bonchev–Trinajstić information content (AvgIpc) is 2.03. The molecule has 0 amide bonds. The molecule has 1 aliphatic heterocycles. The number of likely N-dealkylation sites (tertiary alicyclic amines) is 1. The van der Waals surface area contributed by atoms with Gasteiger partial charge in [0.1, 0.15) is 0 Å². The Morgan fingerprint density at radius 1 is 1.45 bits per heavy atom. The number of likely N-dealkylation sites (N-methyl/N-ethyl adjacent to an activating group) is 2. The summed E-state index contributed by atoms with van der Waals surface area (Å²) in [6.07, 6.45) is 4.18. The Morgan fingerprint density at radius 2 is 2.27 bits per heavy atom. The van der Waals surface area contributed by atoms with E-state index in [1.54, 1.807) is 0 Å². The molecule has 1 saturated heterocycles. The Morgan fingerprint density at radius 3 is 2.91 bits per heavy atom. The second kappa shape index (κ2) is 4.73. The van der Waals surface area contributed by atoms with Crippen LogP contribution in [0.25, 0.3) is 0 Å². The lowest BCUT2D eigenvalue weighted by Gasteiger charge is -2.32. The summed E-state index contributed by atoms with van der Waals surface area (Å²) < 4.78 is 0. The number of nitrogens with one attached hydrogen (secondary N) is 1. The predicted molar refractivity (Wildman–Crippen MR) is 48.8 cm³/mol. The second-order valence-electron chi connectivity index (χ2n) is 3.44. The molecule has 0 spiro atoms. The molecule has 0 aromatic rings. The molecule has 0 radical (unpaired) electrons. The zero-order valence-electron chi connectivity index (χ0n) is 7.77. The monoisotopic (exact) mass is 156 g/mol. The third-order valence-corrected chi connectivity index (χ3v) is 2.55. The largest absolute Gasteiger partial charge is 0.315 e. The van der Waals surface area contributed by atoms with Gasteiger partial charge in [-0.15, -0.1) is 0 Å². The van der Waals surface area contributed by atoms with Gasteiger partial charge in [0.05, 0.1) is 0 Å². The van der Waals surface area contributed by atoms with Crippen LogP contribution in [0.4, 0.5) is 0 Å². The average molecular weight is 156 g/mol. The molecule has 2 nitrogen and oxygen atoms in total. The van der Waals surface area contributed by atoms with E-state index < -0.39 is 0 Å². The first-order valence-electron chi connectivity index (χ1n) is 4.75. The van der Waals surface area contributed by atoms with Gasteiger partial charge in [-0.25, -0.2) is 0 Å².